The van der Waals surface area contributed by atoms with Crippen molar-refractivity contribution in [2.45, 2.75) is 19.3 Å². The van der Waals surface area contributed by atoms with Crippen LogP contribution in [0.5, 0.6) is 0 Å². The summed E-state index contributed by atoms with van der Waals surface area (Å²) in [6.07, 6.45) is 1.56. The molecule has 1 heterocycles. The molecule has 1 aromatic carbocycles. The van der Waals surface area contributed by atoms with E-state index in [1.807, 2.05) is 0 Å². The van der Waals surface area contributed by atoms with Gasteiger partial charge in [0.1, 0.15) is 22.9 Å². The van der Waals surface area contributed by atoms with Gasteiger partial charge in [-0.15, -0.1) is 0 Å². The van der Waals surface area contributed by atoms with Crippen molar-refractivity contribution in [1.82, 2.24) is 0 Å². The zero-order valence-electron chi connectivity index (χ0n) is 8.05. The highest BCUT2D eigenvalue weighted by Crippen LogP contribution is 2.31. The Morgan fingerprint density at radius 2 is 2.13 bits per heavy atom. The van der Waals surface area contributed by atoms with Crippen LogP contribution < -0.4 is 0 Å². The number of ketones is 1. The minimum absolute atomic E-state index is 0.203. The van der Waals surface area contributed by atoms with Gasteiger partial charge in [-0.25, -0.2) is 4.39 Å². The van der Waals surface area contributed by atoms with Crippen molar-refractivity contribution in [3.05, 3.63) is 35.3 Å². The zero-order chi connectivity index (χ0) is 10.4. The van der Waals surface area contributed by atoms with Crippen LogP contribution in [0.25, 0.3) is 11.0 Å². The fourth-order valence-corrected chi connectivity index (χ4v) is 2.11. The molecule has 0 fully saturated rings. The van der Waals surface area contributed by atoms with E-state index in [0.717, 1.165) is 16.7 Å². The van der Waals surface area contributed by atoms with Crippen molar-refractivity contribution in [2.24, 2.45) is 0 Å². The average molecular weight is 204 g/mol. The maximum absolute atomic E-state index is 13.1. The predicted octanol–water partition coefficient (Wildman–Crippen LogP) is 2.63. The smallest absolute Gasteiger partial charge is 0.137 e. The summed E-state index contributed by atoms with van der Waals surface area (Å²) in [4.78, 5) is 11.3. The van der Waals surface area contributed by atoms with Gasteiger partial charge in [-0.3, -0.25) is 4.79 Å². The van der Waals surface area contributed by atoms with Gasteiger partial charge >= 0.3 is 0 Å². The summed E-state index contributed by atoms with van der Waals surface area (Å²) in [7, 11) is 0. The first-order chi connectivity index (χ1) is 7.24. The number of carbonyl (C=O) groups is 1. The Hall–Kier alpha value is -1.64. The summed E-state index contributed by atoms with van der Waals surface area (Å²) in [6, 6.07) is 4.43. The van der Waals surface area contributed by atoms with Crippen LogP contribution in [-0.4, -0.2) is 5.78 Å². The topological polar surface area (TPSA) is 30.2 Å². The molecule has 1 aromatic heterocycles. The van der Waals surface area contributed by atoms with Crippen molar-refractivity contribution < 1.29 is 13.6 Å². The Balaban J connectivity index is 2.30. The van der Waals surface area contributed by atoms with Crippen molar-refractivity contribution in [3.8, 4) is 0 Å². The molecule has 0 atom stereocenters. The van der Waals surface area contributed by atoms with Gasteiger partial charge in [0.25, 0.3) is 0 Å². The number of hydrogen-bond donors (Lipinski definition) is 0. The molecule has 0 bridgehead atoms. The van der Waals surface area contributed by atoms with Crippen molar-refractivity contribution in [1.29, 1.82) is 0 Å². The van der Waals surface area contributed by atoms with E-state index in [1.165, 1.54) is 12.1 Å². The Bertz CT molecular complexity index is 554. The summed E-state index contributed by atoms with van der Waals surface area (Å²) >= 11 is 0. The minimum Gasteiger partial charge on any atom is -0.461 e. The van der Waals surface area contributed by atoms with Crippen LogP contribution >= 0.6 is 0 Å². The van der Waals surface area contributed by atoms with Gasteiger partial charge in [0, 0.05) is 30.2 Å². The molecule has 2 nitrogen and oxygen atoms in total. The van der Waals surface area contributed by atoms with E-state index < -0.39 is 0 Å². The molecule has 0 radical (unpaired) electrons. The van der Waals surface area contributed by atoms with E-state index in [2.05, 4.69) is 0 Å². The van der Waals surface area contributed by atoms with Crippen LogP contribution in [0, 0.1) is 5.82 Å². The molecule has 15 heavy (non-hydrogen) atoms. The number of Topliss-reactive ketones (excluding diaryl/α,β-unsaturated/α-hetero) is 1. The summed E-state index contributed by atoms with van der Waals surface area (Å²) in [5.74, 6) is 0.758. The summed E-state index contributed by atoms with van der Waals surface area (Å²) in [5.41, 5.74) is 1.55. The van der Waals surface area contributed by atoms with E-state index in [9.17, 15) is 9.18 Å². The lowest BCUT2D eigenvalue weighted by Gasteiger charge is -2.07. The third-order valence-corrected chi connectivity index (χ3v) is 2.84. The molecule has 0 aliphatic heterocycles. The second-order valence-electron chi connectivity index (χ2n) is 3.86. The number of hydrogen-bond acceptors (Lipinski definition) is 2. The molecule has 1 aliphatic rings. The fraction of sp³-hybridized carbons (Fsp3) is 0.250. The molecular formula is C12H9FO2. The second-order valence-corrected chi connectivity index (χ2v) is 3.86. The van der Waals surface area contributed by atoms with E-state index in [-0.39, 0.29) is 11.6 Å². The van der Waals surface area contributed by atoms with E-state index in [4.69, 9.17) is 4.42 Å². The number of furan rings is 1. The first kappa shape index (κ1) is 8.65. The van der Waals surface area contributed by atoms with Crippen LogP contribution in [0.3, 0.4) is 0 Å². The number of rotatable bonds is 0. The van der Waals surface area contributed by atoms with Crippen molar-refractivity contribution in [3.63, 3.8) is 0 Å². The Kier molecular flexibility index (Phi) is 1.69. The molecule has 1 aliphatic carbocycles. The van der Waals surface area contributed by atoms with Crippen molar-refractivity contribution >= 4 is 16.8 Å². The molecule has 0 amide bonds. The largest absolute Gasteiger partial charge is 0.461 e. The molecule has 0 saturated carbocycles. The van der Waals surface area contributed by atoms with Crippen molar-refractivity contribution in [2.75, 3.05) is 0 Å². The molecule has 76 valence electrons. The van der Waals surface area contributed by atoms with E-state index in [0.29, 0.717) is 24.8 Å². The molecule has 3 rings (SSSR count). The summed E-state index contributed by atoms with van der Waals surface area (Å²) in [5, 5.41) is 0.748. The maximum Gasteiger partial charge on any atom is 0.137 e. The first-order valence-corrected chi connectivity index (χ1v) is 4.95. The Morgan fingerprint density at radius 1 is 1.27 bits per heavy atom. The number of carbonyl (C=O) groups excluding carboxylic acids is 1. The Morgan fingerprint density at radius 3 is 3.00 bits per heavy atom. The monoisotopic (exact) mass is 204 g/mol. The number of aryl methyl sites for hydroxylation is 1. The summed E-state index contributed by atoms with van der Waals surface area (Å²) in [6.45, 7) is 0. The third kappa shape index (κ3) is 1.27. The van der Waals surface area contributed by atoms with E-state index >= 15 is 0 Å². The molecule has 0 saturated heterocycles. The minimum atomic E-state index is -0.288. The van der Waals surface area contributed by atoms with Crippen LogP contribution in [-0.2, 0) is 17.6 Å². The fourth-order valence-electron chi connectivity index (χ4n) is 2.11. The van der Waals surface area contributed by atoms with Crippen LogP contribution in [0.2, 0.25) is 0 Å². The van der Waals surface area contributed by atoms with Gasteiger partial charge in [-0.05, 0) is 18.2 Å². The highest BCUT2D eigenvalue weighted by atomic mass is 19.1. The van der Waals surface area contributed by atoms with Gasteiger partial charge in [-0.1, -0.05) is 0 Å². The lowest BCUT2D eigenvalue weighted by Crippen LogP contribution is -2.11. The highest BCUT2D eigenvalue weighted by Gasteiger charge is 2.22. The van der Waals surface area contributed by atoms with Crippen LogP contribution in [0.1, 0.15) is 17.7 Å². The van der Waals surface area contributed by atoms with Gasteiger partial charge in [0.15, 0.2) is 0 Å². The normalized spacial score (nSPS) is 15.7. The first-order valence-electron chi connectivity index (χ1n) is 4.95. The molecule has 0 unspecified atom stereocenters. The number of benzene rings is 1. The SMILES string of the molecule is O=C1CCc2oc3ccc(F)cc3c2C1. The lowest BCUT2D eigenvalue weighted by molar-refractivity contribution is -0.118. The van der Waals surface area contributed by atoms with E-state index in [1.54, 1.807) is 6.07 Å². The maximum atomic E-state index is 13.1. The van der Waals surface area contributed by atoms with Gasteiger partial charge in [0.05, 0.1) is 0 Å². The van der Waals surface area contributed by atoms with Crippen LogP contribution in [0.4, 0.5) is 4.39 Å². The molecular weight excluding hydrogens is 195 g/mol. The van der Waals surface area contributed by atoms with Crippen LogP contribution in [0.15, 0.2) is 22.6 Å². The number of fused-ring (bicyclic) bond motifs is 3. The number of halogens is 1. The van der Waals surface area contributed by atoms with Gasteiger partial charge in [0.2, 0.25) is 0 Å². The molecule has 0 N–H and O–H groups in total. The van der Waals surface area contributed by atoms with Gasteiger partial charge in [-0.2, -0.15) is 0 Å². The summed E-state index contributed by atoms with van der Waals surface area (Å²) < 4.78 is 18.6. The van der Waals surface area contributed by atoms with Gasteiger partial charge < -0.3 is 4.42 Å². The molecule has 0 spiro atoms. The zero-order valence-corrected chi connectivity index (χ0v) is 8.05. The second kappa shape index (κ2) is 2.92. The molecule has 2 aromatic rings. The standard InChI is InChI=1S/C12H9FO2/c13-7-1-3-11-9(5-7)10-6-8(14)2-4-12(10)15-11/h1,3,5H,2,4,6H2. The highest BCUT2D eigenvalue weighted by molar-refractivity contribution is 5.91. The lowest BCUT2D eigenvalue weighted by atomic mass is 9.95. The average Bonchev–Trinajstić information content (AvgIpc) is 2.56. The molecule has 3 heteroatoms. The third-order valence-electron chi connectivity index (χ3n) is 2.84. The predicted molar refractivity (Wildman–Crippen MR) is 53.2 cm³/mol. The Labute approximate surface area is 85.7 Å². The quantitative estimate of drug-likeness (QED) is 0.660.